The van der Waals surface area contributed by atoms with Gasteiger partial charge in [0.2, 0.25) is 0 Å². The first-order chi connectivity index (χ1) is 7.81. The lowest BCUT2D eigenvalue weighted by Crippen LogP contribution is -2.28. The van der Waals surface area contributed by atoms with E-state index in [1.807, 2.05) is 7.05 Å². The molecule has 2 unspecified atom stereocenters. The van der Waals surface area contributed by atoms with Crippen molar-refractivity contribution in [1.82, 2.24) is 20.3 Å². The summed E-state index contributed by atoms with van der Waals surface area (Å²) in [6.07, 6.45) is 4.53. The van der Waals surface area contributed by atoms with Gasteiger partial charge in [0.25, 0.3) is 0 Å². The second kappa shape index (κ2) is 5.41. The van der Waals surface area contributed by atoms with Crippen LogP contribution in [0, 0.1) is 5.92 Å². The summed E-state index contributed by atoms with van der Waals surface area (Å²) in [7, 11) is 1.91. The van der Waals surface area contributed by atoms with Crippen molar-refractivity contribution in [1.29, 1.82) is 0 Å². The highest BCUT2D eigenvalue weighted by atomic mass is 16.5. The highest BCUT2D eigenvalue weighted by Gasteiger charge is 2.25. The summed E-state index contributed by atoms with van der Waals surface area (Å²) in [6.45, 7) is 4.95. The van der Waals surface area contributed by atoms with Gasteiger partial charge in [0.15, 0.2) is 0 Å². The number of aryl methyl sites for hydroxylation is 1. The number of ether oxygens (including phenoxy) is 1. The van der Waals surface area contributed by atoms with Crippen molar-refractivity contribution in [2.75, 3.05) is 13.2 Å². The minimum atomic E-state index is 0.442. The van der Waals surface area contributed by atoms with Crippen molar-refractivity contribution in [3.63, 3.8) is 0 Å². The summed E-state index contributed by atoms with van der Waals surface area (Å²) in [6, 6.07) is 0. The fraction of sp³-hybridized carbons (Fsp3) is 0.818. The molecule has 2 rings (SSSR count). The van der Waals surface area contributed by atoms with Gasteiger partial charge in [-0.2, -0.15) is 0 Å². The number of hydrogen-bond donors (Lipinski definition) is 1. The molecule has 0 aliphatic carbocycles. The van der Waals surface area contributed by atoms with E-state index >= 15 is 0 Å². The van der Waals surface area contributed by atoms with Gasteiger partial charge in [0.1, 0.15) is 0 Å². The molecule has 2 heterocycles. The van der Waals surface area contributed by atoms with E-state index in [4.69, 9.17) is 4.74 Å². The van der Waals surface area contributed by atoms with Crippen LogP contribution in [-0.4, -0.2) is 34.2 Å². The number of nitrogens with one attached hydrogen (secondary N) is 1. The molecule has 5 heteroatoms. The standard InChI is InChI=1S/C11H20N4O/c1-3-11-9(4-5-16-11)6-12-7-10-8-13-14-15(10)2/h8-9,11-12H,3-7H2,1-2H3. The molecule has 1 aliphatic heterocycles. The van der Waals surface area contributed by atoms with Gasteiger partial charge in [-0.3, -0.25) is 4.68 Å². The highest BCUT2D eigenvalue weighted by Crippen LogP contribution is 2.22. The second-order valence-electron chi connectivity index (χ2n) is 4.35. The Bertz CT molecular complexity index is 326. The lowest BCUT2D eigenvalue weighted by molar-refractivity contribution is 0.0872. The van der Waals surface area contributed by atoms with Crippen molar-refractivity contribution in [2.45, 2.75) is 32.4 Å². The smallest absolute Gasteiger partial charge is 0.0738 e. The lowest BCUT2D eigenvalue weighted by Gasteiger charge is -2.17. The molecular weight excluding hydrogens is 204 g/mol. The predicted molar refractivity (Wildman–Crippen MR) is 60.8 cm³/mol. The van der Waals surface area contributed by atoms with Crippen molar-refractivity contribution in [3.05, 3.63) is 11.9 Å². The van der Waals surface area contributed by atoms with Crippen LogP contribution in [-0.2, 0) is 18.3 Å². The molecule has 1 aromatic rings. The zero-order valence-corrected chi connectivity index (χ0v) is 10.0. The van der Waals surface area contributed by atoms with E-state index in [2.05, 4.69) is 22.6 Å². The average Bonchev–Trinajstić information content (AvgIpc) is 2.88. The Balaban J connectivity index is 1.74. The molecule has 0 bridgehead atoms. The van der Waals surface area contributed by atoms with Gasteiger partial charge in [-0.05, 0) is 18.8 Å². The SMILES string of the molecule is CCC1OCCC1CNCc1cnnn1C. The van der Waals surface area contributed by atoms with E-state index in [-0.39, 0.29) is 0 Å². The van der Waals surface area contributed by atoms with Gasteiger partial charge in [-0.1, -0.05) is 12.1 Å². The van der Waals surface area contributed by atoms with Gasteiger partial charge in [-0.15, -0.1) is 5.10 Å². The Morgan fingerprint density at radius 2 is 2.50 bits per heavy atom. The molecule has 1 aromatic heterocycles. The maximum absolute atomic E-state index is 5.66. The van der Waals surface area contributed by atoms with Gasteiger partial charge >= 0.3 is 0 Å². The van der Waals surface area contributed by atoms with Crippen LogP contribution in [0.3, 0.4) is 0 Å². The van der Waals surface area contributed by atoms with E-state index < -0.39 is 0 Å². The third kappa shape index (κ3) is 2.59. The minimum Gasteiger partial charge on any atom is -0.378 e. The number of nitrogens with zero attached hydrogens (tertiary/aromatic N) is 3. The second-order valence-corrected chi connectivity index (χ2v) is 4.35. The van der Waals surface area contributed by atoms with Crippen molar-refractivity contribution in [2.24, 2.45) is 13.0 Å². The van der Waals surface area contributed by atoms with Gasteiger partial charge in [0, 0.05) is 26.7 Å². The Morgan fingerprint density at radius 3 is 3.19 bits per heavy atom. The van der Waals surface area contributed by atoms with E-state index in [0.29, 0.717) is 12.0 Å². The van der Waals surface area contributed by atoms with Gasteiger partial charge < -0.3 is 10.1 Å². The molecule has 0 spiro atoms. The molecule has 2 atom stereocenters. The fourth-order valence-corrected chi connectivity index (χ4v) is 2.23. The van der Waals surface area contributed by atoms with Crippen LogP contribution in [0.1, 0.15) is 25.5 Å². The molecular formula is C11H20N4O. The predicted octanol–water partition coefficient (Wildman–Crippen LogP) is 0.720. The Hall–Kier alpha value is -0.940. The fourth-order valence-electron chi connectivity index (χ4n) is 2.23. The van der Waals surface area contributed by atoms with Crippen LogP contribution >= 0.6 is 0 Å². The number of hydrogen-bond acceptors (Lipinski definition) is 4. The molecule has 1 saturated heterocycles. The Kier molecular flexibility index (Phi) is 3.90. The maximum atomic E-state index is 5.66. The normalized spacial score (nSPS) is 25.1. The largest absolute Gasteiger partial charge is 0.378 e. The van der Waals surface area contributed by atoms with Crippen LogP contribution < -0.4 is 5.32 Å². The van der Waals surface area contributed by atoms with Gasteiger partial charge in [-0.25, -0.2) is 0 Å². The average molecular weight is 224 g/mol. The zero-order chi connectivity index (χ0) is 11.4. The summed E-state index contributed by atoms with van der Waals surface area (Å²) in [5.41, 5.74) is 1.12. The quantitative estimate of drug-likeness (QED) is 0.800. The first-order valence-electron chi connectivity index (χ1n) is 5.97. The monoisotopic (exact) mass is 224 g/mol. The molecule has 16 heavy (non-hydrogen) atoms. The molecule has 1 fully saturated rings. The topological polar surface area (TPSA) is 52.0 Å². The summed E-state index contributed by atoms with van der Waals surface area (Å²) in [4.78, 5) is 0. The van der Waals surface area contributed by atoms with E-state index in [1.54, 1.807) is 10.9 Å². The summed E-state index contributed by atoms with van der Waals surface area (Å²) >= 11 is 0. The van der Waals surface area contributed by atoms with Crippen LogP contribution in [0.15, 0.2) is 6.20 Å². The van der Waals surface area contributed by atoms with Crippen LogP contribution in [0.5, 0.6) is 0 Å². The zero-order valence-electron chi connectivity index (χ0n) is 10.0. The van der Waals surface area contributed by atoms with E-state index in [0.717, 1.165) is 31.8 Å². The Morgan fingerprint density at radius 1 is 1.62 bits per heavy atom. The van der Waals surface area contributed by atoms with E-state index in [9.17, 15) is 0 Å². The van der Waals surface area contributed by atoms with Crippen molar-refractivity contribution in [3.8, 4) is 0 Å². The number of rotatable bonds is 5. The van der Waals surface area contributed by atoms with E-state index in [1.165, 1.54) is 6.42 Å². The number of aromatic nitrogens is 3. The van der Waals surface area contributed by atoms with Crippen LogP contribution in [0.2, 0.25) is 0 Å². The molecule has 0 saturated carbocycles. The third-order valence-corrected chi connectivity index (χ3v) is 3.27. The first kappa shape index (κ1) is 11.5. The van der Waals surface area contributed by atoms with Crippen molar-refractivity contribution < 1.29 is 4.74 Å². The molecule has 90 valence electrons. The maximum Gasteiger partial charge on any atom is 0.0738 e. The first-order valence-corrected chi connectivity index (χ1v) is 5.97. The summed E-state index contributed by atoms with van der Waals surface area (Å²) in [5, 5.41) is 11.2. The molecule has 5 nitrogen and oxygen atoms in total. The molecule has 0 aromatic carbocycles. The molecule has 1 N–H and O–H groups in total. The van der Waals surface area contributed by atoms with Crippen molar-refractivity contribution >= 4 is 0 Å². The highest BCUT2D eigenvalue weighted by molar-refractivity contribution is 4.92. The summed E-state index contributed by atoms with van der Waals surface area (Å²) in [5.74, 6) is 0.659. The lowest BCUT2D eigenvalue weighted by atomic mass is 10.00. The minimum absolute atomic E-state index is 0.442. The van der Waals surface area contributed by atoms with Crippen LogP contribution in [0.4, 0.5) is 0 Å². The molecule has 0 amide bonds. The third-order valence-electron chi connectivity index (χ3n) is 3.27. The Labute approximate surface area is 96.2 Å². The molecule has 1 aliphatic rings. The summed E-state index contributed by atoms with van der Waals surface area (Å²) < 4.78 is 7.46. The van der Waals surface area contributed by atoms with Gasteiger partial charge in [0.05, 0.1) is 18.0 Å². The van der Waals surface area contributed by atoms with Crippen LogP contribution in [0.25, 0.3) is 0 Å². The molecule has 0 radical (unpaired) electrons.